The molecule has 1 saturated carbocycles. The molecule has 1 aliphatic heterocycles. The van der Waals surface area contributed by atoms with Crippen LogP contribution in [0.3, 0.4) is 0 Å². The zero-order chi connectivity index (χ0) is 24.2. The molecule has 6 nitrogen and oxygen atoms in total. The van der Waals surface area contributed by atoms with Crippen molar-refractivity contribution in [2.45, 2.75) is 63.3 Å². The average molecular weight is 478 g/mol. The summed E-state index contributed by atoms with van der Waals surface area (Å²) in [6.07, 6.45) is 6.95. The first-order valence-electron chi connectivity index (χ1n) is 12.8. The van der Waals surface area contributed by atoms with Gasteiger partial charge in [0.05, 0.1) is 5.56 Å². The number of hydrogen-bond donors (Lipinski definition) is 0. The Kier molecular flexibility index (Phi) is 7.11. The summed E-state index contributed by atoms with van der Waals surface area (Å²) in [5.41, 5.74) is 1.75. The van der Waals surface area contributed by atoms with E-state index in [4.69, 9.17) is 4.42 Å². The average Bonchev–Trinajstić information content (AvgIpc) is 3.34. The van der Waals surface area contributed by atoms with Gasteiger partial charge in [-0.3, -0.25) is 9.59 Å². The predicted octanol–water partition coefficient (Wildman–Crippen LogP) is 5.54. The lowest BCUT2D eigenvalue weighted by Gasteiger charge is -2.36. The lowest BCUT2D eigenvalue weighted by Crippen LogP contribution is -2.45. The summed E-state index contributed by atoms with van der Waals surface area (Å²) < 4.78 is 20.3. The van der Waals surface area contributed by atoms with E-state index in [2.05, 4.69) is 4.98 Å². The molecule has 2 aliphatic rings. The molecule has 0 spiro atoms. The van der Waals surface area contributed by atoms with E-state index in [0.717, 1.165) is 61.9 Å². The van der Waals surface area contributed by atoms with Crippen LogP contribution in [0, 0.1) is 5.82 Å². The largest absolute Gasteiger partial charge is 0.440 e. The third-order valence-corrected chi connectivity index (χ3v) is 7.45. The minimum atomic E-state index is -0.508. The second kappa shape index (κ2) is 10.6. The monoisotopic (exact) mass is 477 g/mol. The van der Waals surface area contributed by atoms with Gasteiger partial charge in [0, 0.05) is 38.0 Å². The summed E-state index contributed by atoms with van der Waals surface area (Å²) >= 11 is 0. The minimum absolute atomic E-state index is 0.0446. The molecular formula is C28H32FN3O3. The van der Waals surface area contributed by atoms with Crippen LogP contribution in [0.4, 0.5) is 4.39 Å². The molecule has 3 aromatic rings. The molecule has 2 fully saturated rings. The van der Waals surface area contributed by atoms with Crippen LogP contribution in [-0.4, -0.2) is 52.3 Å². The number of para-hydroxylation sites is 2. The number of carbonyl (C=O) groups excluding carboxylic acids is 2. The first-order valence-corrected chi connectivity index (χ1v) is 12.8. The van der Waals surface area contributed by atoms with Gasteiger partial charge in [-0.25, -0.2) is 9.37 Å². The van der Waals surface area contributed by atoms with Crippen LogP contribution in [0.25, 0.3) is 11.1 Å². The Morgan fingerprint density at radius 3 is 2.43 bits per heavy atom. The fourth-order valence-electron chi connectivity index (χ4n) is 5.45. The Morgan fingerprint density at radius 1 is 0.971 bits per heavy atom. The van der Waals surface area contributed by atoms with Gasteiger partial charge in [0.15, 0.2) is 11.5 Å². The molecule has 35 heavy (non-hydrogen) atoms. The van der Waals surface area contributed by atoms with E-state index in [1.807, 2.05) is 29.2 Å². The van der Waals surface area contributed by atoms with Crippen molar-refractivity contribution in [1.82, 2.24) is 14.8 Å². The number of likely N-dealkylation sites (tertiary alicyclic amines) is 1. The van der Waals surface area contributed by atoms with Gasteiger partial charge >= 0.3 is 0 Å². The molecule has 0 unspecified atom stereocenters. The summed E-state index contributed by atoms with van der Waals surface area (Å²) in [5, 5.41) is 0. The van der Waals surface area contributed by atoms with Crippen molar-refractivity contribution in [3.63, 3.8) is 0 Å². The number of piperidine rings is 1. The van der Waals surface area contributed by atoms with Crippen LogP contribution in [0.2, 0.25) is 0 Å². The third-order valence-electron chi connectivity index (χ3n) is 7.45. The first-order chi connectivity index (χ1) is 17.1. The van der Waals surface area contributed by atoms with Crippen LogP contribution in [0.1, 0.15) is 73.5 Å². The van der Waals surface area contributed by atoms with Crippen molar-refractivity contribution in [2.24, 2.45) is 0 Å². The fourth-order valence-corrected chi connectivity index (χ4v) is 5.45. The SMILES string of the molecule is O=C(CCN(C(=O)c1ccccc1F)C1CCCCC1)N1CCC(c2nc3ccccc3o2)CC1. The molecule has 2 aromatic carbocycles. The van der Waals surface area contributed by atoms with Crippen molar-refractivity contribution in [3.8, 4) is 0 Å². The summed E-state index contributed by atoms with van der Waals surface area (Å²) in [6, 6.07) is 13.9. The van der Waals surface area contributed by atoms with E-state index in [0.29, 0.717) is 19.6 Å². The zero-order valence-electron chi connectivity index (χ0n) is 20.0. The van der Waals surface area contributed by atoms with E-state index in [-0.39, 0.29) is 35.8 Å². The van der Waals surface area contributed by atoms with Crippen LogP contribution < -0.4 is 0 Å². The van der Waals surface area contributed by atoms with Crippen molar-refractivity contribution in [3.05, 3.63) is 65.8 Å². The Labute approximate surface area is 205 Å². The highest BCUT2D eigenvalue weighted by Gasteiger charge is 2.30. The van der Waals surface area contributed by atoms with Gasteiger partial charge in [-0.2, -0.15) is 0 Å². The summed E-state index contributed by atoms with van der Waals surface area (Å²) in [4.78, 5) is 34.6. The normalized spacial score (nSPS) is 17.6. The number of halogens is 1. The van der Waals surface area contributed by atoms with E-state index in [1.165, 1.54) is 12.1 Å². The number of carbonyl (C=O) groups is 2. The highest BCUT2D eigenvalue weighted by molar-refractivity contribution is 5.95. The van der Waals surface area contributed by atoms with Gasteiger partial charge in [0.2, 0.25) is 5.91 Å². The predicted molar refractivity (Wildman–Crippen MR) is 131 cm³/mol. The topological polar surface area (TPSA) is 66.7 Å². The van der Waals surface area contributed by atoms with E-state index in [9.17, 15) is 14.0 Å². The lowest BCUT2D eigenvalue weighted by molar-refractivity contribution is -0.132. The first kappa shape index (κ1) is 23.5. The number of oxazole rings is 1. The van der Waals surface area contributed by atoms with Gasteiger partial charge in [-0.1, -0.05) is 43.5 Å². The molecule has 184 valence electrons. The number of nitrogens with zero attached hydrogens (tertiary/aromatic N) is 3. The molecule has 1 saturated heterocycles. The number of benzene rings is 2. The molecule has 2 amide bonds. The Morgan fingerprint density at radius 2 is 1.69 bits per heavy atom. The van der Waals surface area contributed by atoms with Gasteiger partial charge in [-0.15, -0.1) is 0 Å². The van der Waals surface area contributed by atoms with E-state index in [1.54, 1.807) is 17.0 Å². The van der Waals surface area contributed by atoms with Crippen molar-refractivity contribution >= 4 is 22.9 Å². The van der Waals surface area contributed by atoms with E-state index >= 15 is 0 Å². The molecule has 0 bridgehead atoms. The van der Waals surface area contributed by atoms with Gasteiger partial charge in [-0.05, 0) is 49.9 Å². The highest BCUT2D eigenvalue weighted by Crippen LogP contribution is 2.30. The second-order valence-corrected chi connectivity index (χ2v) is 9.70. The smallest absolute Gasteiger partial charge is 0.257 e. The molecule has 0 atom stereocenters. The molecule has 1 aromatic heterocycles. The maximum Gasteiger partial charge on any atom is 0.257 e. The van der Waals surface area contributed by atoms with Crippen molar-refractivity contribution < 1.29 is 18.4 Å². The van der Waals surface area contributed by atoms with Crippen LogP contribution in [-0.2, 0) is 4.79 Å². The van der Waals surface area contributed by atoms with Gasteiger partial charge in [0.1, 0.15) is 11.3 Å². The number of amides is 2. The summed E-state index contributed by atoms with van der Waals surface area (Å²) in [7, 11) is 0. The maximum absolute atomic E-state index is 14.4. The molecule has 7 heteroatoms. The van der Waals surface area contributed by atoms with Gasteiger partial charge in [0.25, 0.3) is 5.91 Å². The number of aromatic nitrogens is 1. The molecular weight excluding hydrogens is 445 g/mol. The second-order valence-electron chi connectivity index (χ2n) is 9.70. The number of hydrogen-bond acceptors (Lipinski definition) is 4. The van der Waals surface area contributed by atoms with Crippen molar-refractivity contribution in [1.29, 1.82) is 0 Å². The lowest BCUT2D eigenvalue weighted by atomic mass is 9.93. The minimum Gasteiger partial charge on any atom is -0.440 e. The quantitative estimate of drug-likeness (QED) is 0.468. The van der Waals surface area contributed by atoms with Crippen LogP contribution in [0.15, 0.2) is 52.9 Å². The molecule has 0 N–H and O–H groups in total. The van der Waals surface area contributed by atoms with E-state index < -0.39 is 5.82 Å². The zero-order valence-corrected chi connectivity index (χ0v) is 20.0. The molecule has 2 heterocycles. The summed E-state index contributed by atoms with van der Waals surface area (Å²) in [6.45, 7) is 1.61. The Hall–Kier alpha value is -3.22. The molecule has 5 rings (SSSR count). The fraction of sp³-hybridized carbons (Fsp3) is 0.464. The third kappa shape index (κ3) is 5.24. The maximum atomic E-state index is 14.4. The standard InChI is InChI=1S/C28H32FN3O3/c29-23-11-5-4-10-22(23)28(34)32(21-8-2-1-3-9-21)19-16-26(33)31-17-14-20(15-18-31)27-30-24-12-6-7-13-25(24)35-27/h4-7,10-13,20-21H,1-3,8-9,14-19H2. The Balaban J connectivity index is 1.20. The Bertz CT molecular complexity index is 1150. The number of fused-ring (bicyclic) bond motifs is 1. The van der Waals surface area contributed by atoms with Crippen molar-refractivity contribution in [2.75, 3.05) is 19.6 Å². The molecule has 0 radical (unpaired) electrons. The molecule has 1 aliphatic carbocycles. The highest BCUT2D eigenvalue weighted by atomic mass is 19.1. The van der Waals surface area contributed by atoms with Crippen LogP contribution >= 0.6 is 0 Å². The number of rotatable bonds is 6. The van der Waals surface area contributed by atoms with Gasteiger partial charge < -0.3 is 14.2 Å². The summed E-state index contributed by atoms with van der Waals surface area (Å²) in [5.74, 6) is 0.177. The van der Waals surface area contributed by atoms with Crippen LogP contribution in [0.5, 0.6) is 0 Å².